The number of fused-ring (bicyclic) bond motifs is 1. The van der Waals surface area contributed by atoms with Gasteiger partial charge in [0.25, 0.3) is 0 Å². The molecule has 1 heterocycles. The van der Waals surface area contributed by atoms with Gasteiger partial charge in [0.1, 0.15) is 5.75 Å². The van der Waals surface area contributed by atoms with Gasteiger partial charge in [0.05, 0.1) is 27.8 Å². The average Bonchev–Trinajstić information content (AvgIpc) is 2.14. The van der Waals surface area contributed by atoms with Gasteiger partial charge in [-0.05, 0) is 22.0 Å². The maximum Gasteiger partial charge on any atom is 0.151 e. The summed E-state index contributed by atoms with van der Waals surface area (Å²) in [6, 6.07) is 1.42. The zero-order valence-corrected chi connectivity index (χ0v) is 9.40. The van der Waals surface area contributed by atoms with E-state index in [2.05, 4.69) is 15.9 Å². The first-order valence-corrected chi connectivity index (χ1v) is 5.26. The summed E-state index contributed by atoms with van der Waals surface area (Å²) >= 11 is 8.85. The number of aliphatic hydroxyl groups is 1. The lowest BCUT2D eigenvalue weighted by molar-refractivity contribution is 0.110. The Morgan fingerprint density at radius 3 is 3.07 bits per heavy atom. The van der Waals surface area contributed by atoms with Gasteiger partial charge in [-0.2, -0.15) is 0 Å². The number of aliphatic hydroxyl groups excluding tert-OH is 1. The van der Waals surface area contributed by atoms with Gasteiger partial charge in [-0.1, -0.05) is 11.6 Å². The van der Waals surface area contributed by atoms with Crippen LogP contribution in [0.2, 0.25) is 5.02 Å². The molecule has 0 fully saturated rings. The Morgan fingerprint density at radius 1 is 1.64 bits per heavy atom. The summed E-state index contributed by atoms with van der Waals surface area (Å²) < 4.78 is 19.3. The zero-order valence-electron chi connectivity index (χ0n) is 7.06. The van der Waals surface area contributed by atoms with Crippen LogP contribution in [0.25, 0.3) is 0 Å². The molecule has 1 N–H and O–H groups in total. The SMILES string of the molecule is OC1CCOc2c(Br)cc(Cl)c(F)c21. The van der Waals surface area contributed by atoms with Crippen molar-refractivity contribution < 1.29 is 14.2 Å². The maximum atomic E-state index is 13.5. The molecule has 1 aliphatic rings. The number of benzene rings is 1. The lowest BCUT2D eigenvalue weighted by Gasteiger charge is -2.23. The highest BCUT2D eigenvalue weighted by Crippen LogP contribution is 2.42. The lowest BCUT2D eigenvalue weighted by atomic mass is 10.0. The van der Waals surface area contributed by atoms with Crippen molar-refractivity contribution in [3.05, 3.63) is 26.9 Å². The molecule has 2 nitrogen and oxygen atoms in total. The number of hydrogen-bond acceptors (Lipinski definition) is 2. The Bertz CT molecular complexity index is 384. The summed E-state index contributed by atoms with van der Waals surface area (Å²) in [5, 5.41) is 9.58. The Morgan fingerprint density at radius 2 is 2.36 bits per heavy atom. The molecule has 0 aliphatic carbocycles. The molecule has 2 rings (SSSR count). The number of hydrogen-bond donors (Lipinski definition) is 1. The highest BCUT2D eigenvalue weighted by Gasteiger charge is 2.27. The van der Waals surface area contributed by atoms with E-state index < -0.39 is 11.9 Å². The molecule has 1 unspecified atom stereocenters. The summed E-state index contributed by atoms with van der Waals surface area (Å²) in [5.74, 6) is -0.247. The van der Waals surface area contributed by atoms with Crippen LogP contribution >= 0.6 is 27.5 Å². The van der Waals surface area contributed by atoms with Crippen molar-refractivity contribution in [2.75, 3.05) is 6.61 Å². The van der Waals surface area contributed by atoms with Gasteiger partial charge in [-0.25, -0.2) is 4.39 Å². The third-order valence-electron chi connectivity index (χ3n) is 2.13. The molecule has 1 aromatic rings. The van der Waals surface area contributed by atoms with Crippen molar-refractivity contribution in [2.45, 2.75) is 12.5 Å². The van der Waals surface area contributed by atoms with Gasteiger partial charge in [-0.3, -0.25) is 0 Å². The van der Waals surface area contributed by atoms with Crippen LogP contribution in [0.1, 0.15) is 18.1 Å². The van der Waals surface area contributed by atoms with Gasteiger partial charge in [0, 0.05) is 6.42 Å². The normalized spacial score (nSPS) is 20.1. The molecule has 76 valence electrons. The summed E-state index contributed by atoms with van der Waals surface area (Å²) in [6.07, 6.45) is -0.454. The van der Waals surface area contributed by atoms with E-state index in [1.807, 2.05) is 0 Å². The molecule has 14 heavy (non-hydrogen) atoms. The van der Waals surface area contributed by atoms with E-state index in [-0.39, 0.29) is 10.6 Å². The molecule has 0 amide bonds. The fourth-order valence-electron chi connectivity index (χ4n) is 1.46. The first-order valence-electron chi connectivity index (χ1n) is 4.09. The van der Waals surface area contributed by atoms with Crippen LogP contribution in [0.4, 0.5) is 4.39 Å². The lowest BCUT2D eigenvalue weighted by Crippen LogP contribution is -2.16. The van der Waals surface area contributed by atoms with Crippen LogP contribution in [0.15, 0.2) is 10.5 Å². The molecule has 5 heteroatoms. The second kappa shape index (κ2) is 3.68. The van der Waals surface area contributed by atoms with Crippen molar-refractivity contribution >= 4 is 27.5 Å². The predicted octanol–water partition coefficient (Wildman–Crippen LogP) is 3.06. The van der Waals surface area contributed by atoms with Crippen LogP contribution in [0, 0.1) is 5.82 Å². The smallest absolute Gasteiger partial charge is 0.151 e. The Balaban J connectivity index is 2.67. The first-order chi connectivity index (χ1) is 6.61. The molecule has 1 aliphatic heterocycles. The fourth-order valence-corrected chi connectivity index (χ4v) is 2.36. The Hall–Kier alpha value is -0.320. The van der Waals surface area contributed by atoms with Crippen molar-refractivity contribution in [1.29, 1.82) is 0 Å². The second-order valence-electron chi connectivity index (χ2n) is 3.05. The van der Waals surface area contributed by atoms with Gasteiger partial charge >= 0.3 is 0 Å². The quantitative estimate of drug-likeness (QED) is 0.741. The largest absolute Gasteiger partial charge is 0.492 e. The van der Waals surface area contributed by atoms with Gasteiger partial charge in [-0.15, -0.1) is 0 Å². The van der Waals surface area contributed by atoms with E-state index >= 15 is 0 Å². The second-order valence-corrected chi connectivity index (χ2v) is 4.31. The zero-order chi connectivity index (χ0) is 10.3. The predicted molar refractivity (Wildman–Crippen MR) is 54.2 cm³/mol. The van der Waals surface area contributed by atoms with E-state index in [9.17, 15) is 9.50 Å². The summed E-state index contributed by atoms with van der Waals surface area (Å²) in [5.41, 5.74) is 0.149. The number of ether oxygens (including phenoxy) is 1. The molecular weight excluding hydrogens is 274 g/mol. The van der Waals surface area contributed by atoms with Crippen LogP contribution in [0.5, 0.6) is 5.75 Å². The van der Waals surface area contributed by atoms with E-state index in [4.69, 9.17) is 16.3 Å². The van der Waals surface area contributed by atoms with Crippen molar-refractivity contribution in [1.82, 2.24) is 0 Å². The minimum Gasteiger partial charge on any atom is -0.492 e. The maximum absolute atomic E-state index is 13.5. The monoisotopic (exact) mass is 280 g/mol. The molecule has 0 saturated carbocycles. The van der Waals surface area contributed by atoms with Crippen molar-refractivity contribution in [3.63, 3.8) is 0 Å². The van der Waals surface area contributed by atoms with E-state index in [1.165, 1.54) is 6.07 Å². The topological polar surface area (TPSA) is 29.5 Å². The molecule has 0 saturated heterocycles. The van der Waals surface area contributed by atoms with Crippen LogP contribution in [-0.2, 0) is 0 Å². The third-order valence-corrected chi connectivity index (χ3v) is 3.00. The summed E-state index contributed by atoms with van der Waals surface area (Å²) in [7, 11) is 0. The third kappa shape index (κ3) is 1.51. The van der Waals surface area contributed by atoms with E-state index in [0.29, 0.717) is 23.2 Å². The standard InChI is InChI=1S/C9H7BrClFO2/c10-4-3-5(11)8(12)7-6(13)1-2-14-9(4)7/h3,6,13H,1-2H2. The number of halogens is 3. The van der Waals surface area contributed by atoms with Gasteiger partial charge < -0.3 is 9.84 Å². The highest BCUT2D eigenvalue weighted by molar-refractivity contribution is 9.10. The van der Waals surface area contributed by atoms with Gasteiger partial charge in [0.2, 0.25) is 0 Å². The minimum absolute atomic E-state index is 0.0137. The molecule has 0 aromatic heterocycles. The minimum atomic E-state index is -0.839. The fraction of sp³-hybridized carbons (Fsp3) is 0.333. The molecule has 1 atom stereocenters. The molecule has 0 spiro atoms. The molecule has 0 bridgehead atoms. The Labute approximate surface area is 93.8 Å². The number of rotatable bonds is 0. The summed E-state index contributed by atoms with van der Waals surface area (Å²) in [6.45, 7) is 0.383. The molecule has 0 radical (unpaired) electrons. The van der Waals surface area contributed by atoms with E-state index in [1.54, 1.807) is 0 Å². The van der Waals surface area contributed by atoms with Crippen LogP contribution in [-0.4, -0.2) is 11.7 Å². The summed E-state index contributed by atoms with van der Waals surface area (Å²) in [4.78, 5) is 0. The van der Waals surface area contributed by atoms with Crippen molar-refractivity contribution in [3.8, 4) is 5.75 Å². The first kappa shape index (κ1) is 10.2. The van der Waals surface area contributed by atoms with E-state index in [0.717, 1.165) is 0 Å². The average molecular weight is 282 g/mol. The molecule has 1 aromatic carbocycles. The van der Waals surface area contributed by atoms with Crippen LogP contribution in [0.3, 0.4) is 0 Å². The molecular formula is C9H7BrClFO2. The van der Waals surface area contributed by atoms with Crippen molar-refractivity contribution in [2.24, 2.45) is 0 Å². The van der Waals surface area contributed by atoms with Gasteiger partial charge in [0.15, 0.2) is 5.82 Å². The van der Waals surface area contributed by atoms with Crippen LogP contribution < -0.4 is 4.74 Å². The Kier molecular flexibility index (Phi) is 2.68. The highest BCUT2D eigenvalue weighted by atomic mass is 79.9.